The third kappa shape index (κ3) is 0.518. The molecule has 1 atom stereocenters. The molecule has 6 heavy (non-hydrogen) atoms. The Labute approximate surface area is 35.4 Å². The smallest absolute Gasteiger partial charge is 0.196 e. The maximum absolute atomic E-state index is 7.73. The van der Waals surface area contributed by atoms with Crippen LogP contribution in [0.5, 0.6) is 0 Å². The van der Waals surface area contributed by atoms with Crippen molar-refractivity contribution in [3.05, 3.63) is 6.42 Å². The monoisotopic (exact) mass is 89.0 g/mol. The highest BCUT2D eigenvalue weighted by molar-refractivity contribution is 4.76. The number of rotatable bonds is 1. The lowest BCUT2D eigenvalue weighted by molar-refractivity contribution is -0.357. The molecule has 0 aromatic carbocycles. The number of ether oxygens (including phenoxy) is 1. The molecule has 1 fully saturated rings. The maximum Gasteiger partial charge on any atom is 0.196 e. The summed E-state index contributed by atoms with van der Waals surface area (Å²) in [5.41, 5.74) is 0. The van der Waals surface area contributed by atoms with Gasteiger partial charge in [-0.2, -0.15) is 0 Å². The van der Waals surface area contributed by atoms with E-state index in [1.165, 1.54) is 0 Å². The second-order valence-corrected chi connectivity index (χ2v) is 1.04. The standard InChI is InChI=1S/C3H5O3/c4-6-3-1-2-5-3/h1,3-4H,2H2. The first kappa shape index (κ1) is 4.05. The van der Waals surface area contributed by atoms with Crippen LogP contribution in [0.15, 0.2) is 0 Å². The molecule has 1 heterocycles. The van der Waals surface area contributed by atoms with Crippen LogP contribution < -0.4 is 0 Å². The van der Waals surface area contributed by atoms with Crippen molar-refractivity contribution in [3.8, 4) is 0 Å². The SMILES string of the molecule is OOC1[CH]CO1. The Morgan fingerprint density at radius 2 is 2.67 bits per heavy atom. The number of hydrogen-bond donors (Lipinski definition) is 1. The minimum absolute atomic E-state index is 0.454. The zero-order chi connectivity index (χ0) is 4.41. The largest absolute Gasteiger partial charge is 0.349 e. The fourth-order valence-corrected chi connectivity index (χ4v) is 0.248. The Balaban J connectivity index is 2.01. The fourth-order valence-electron chi connectivity index (χ4n) is 0.248. The highest BCUT2D eigenvalue weighted by Gasteiger charge is 2.18. The van der Waals surface area contributed by atoms with Gasteiger partial charge in [0.2, 0.25) is 0 Å². The Morgan fingerprint density at radius 1 is 2.00 bits per heavy atom. The Bertz CT molecular complexity index is 38.5. The molecule has 0 aromatic rings. The van der Waals surface area contributed by atoms with Gasteiger partial charge in [0.25, 0.3) is 0 Å². The predicted molar refractivity (Wildman–Crippen MR) is 17.8 cm³/mol. The molecule has 1 radical (unpaired) electrons. The van der Waals surface area contributed by atoms with E-state index in [9.17, 15) is 0 Å². The summed E-state index contributed by atoms with van der Waals surface area (Å²) in [6, 6.07) is 0. The molecule has 0 bridgehead atoms. The minimum Gasteiger partial charge on any atom is -0.349 e. The predicted octanol–water partition coefficient (Wildman–Crippen LogP) is 0.0366. The molecule has 0 spiro atoms. The molecule has 0 saturated carbocycles. The van der Waals surface area contributed by atoms with Gasteiger partial charge in [0.1, 0.15) is 0 Å². The van der Waals surface area contributed by atoms with E-state index in [0.717, 1.165) is 0 Å². The van der Waals surface area contributed by atoms with Gasteiger partial charge in [-0.15, -0.1) is 0 Å². The minimum atomic E-state index is -0.454. The van der Waals surface area contributed by atoms with Crippen LogP contribution in [0.2, 0.25) is 0 Å². The third-order valence-corrected chi connectivity index (χ3v) is 0.653. The van der Waals surface area contributed by atoms with E-state index in [4.69, 9.17) is 5.26 Å². The normalized spacial score (nSPS) is 32.5. The van der Waals surface area contributed by atoms with E-state index in [2.05, 4.69) is 9.62 Å². The summed E-state index contributed by atoms with van der Waals surface area (Å²) in [5, 5.41) is 7.73. The first-order chi connectivity index (χ1) is 2.93. The summed E-state index contributed by atoms with van der Waals surface area (Å²) in [6.07, 6.45) is 1.25. The average molecular weight is 89.1 g/mol. The summed E-state index contributed by atoms with van der Waals surface area (Å²) < 4.78 is 4.55. The molecule has 1 aliphatic rings. The summed E-state index contributed by atoms with van der Waals surface area (Å²) in [7, 11) is 0. The summed E-state index contributed by atoms with van der Waals surface area (Å²) in [5.74, 6) is 0. The van der Waals surface area contributed by atoms with Gasteiger partial charge in [0.05, 0.1) is 6.61 Å². The molecule has 3 heteroatoms. The zero-order valence-corrected chi connectivity index (χ0v) is 3.13. The van der Waals surface area contributed by atoms with Crippen molar-refractivity contribution >= 4 is 0 Å². The lowest BCUT2D eigenvalue weighted by Crippen LogP contribution is -2.29. The number of hydrogen-bond acceptors (Lipinski definition) is 3. The van der Waals surface area contributed by atoms with Crippen molar-refractivity contribution in [1.29, 1.82) is 0 Å². The van der Waals surface area contributed by atoms with Gasteiger partial charge < -0.3 is 4.74 Å². The highest BCUT2D eigenvalue weighted by Crippen LogP contribution is 2.07. The van der Waals surface area contributed by atoms with E-state index in [1.54, 1.807) is 6.42 Å². The second-order valence-electron chi connectivity index (χ2n) is 1.04. The van der Waals surface area contributed by atoms with Gasteiger partial charge in [0.15, 0.2) is 6.29 Å². The molecule has 35 valence electrons. The maximum atomic E-state index is 7.73. The highest BCUT2D eigenvalue weighted by atomic mass is 17.1. The van der Waals surface area contributed by atoms with Gasteiger partial charge in [-0.25, -0.2) is 10.1 Å². The molecule has 0 amide bonds. The van der Waals surface area contributed by atoms with Crippen molar-refractivity contribution in [2.45, 2.75) is 6.29 Å². The van der Waals surface area contributed by atoms with Crippen molar-refractivity contribution in [2.75, 3.05) is 6.61 Å². The van der Waals surface area contributed by atoms with E-state index in [0.29, 0.717) is 6.61 Å². The fraction of sp³-hybridized carbons (Fsp3) is 0.667. The molecule has 1 aliphatic heterocycles. The molecular formula is C3H5O3. The summed E-state index contributed by atoms with van der Waals surface area (Å²) in [6.45, 7) is 0.589. The van der Waals surface area contributed by atoms with Crippen LogP contribution in [0.3, 0.4) is 0 Å². The van der Waals surface area contributed by atoms with Crippen molar-refractivity contribution in [1.82, 2.24) is 0 Å². The molecule has 0 aromatic heterocycles. The van der Waals surface area contributed by atoms with Crippen LogP contribution in [0.4, 0.5) is 0 Å². The molecule has 1 rings (SSSR count). The van der Waals surface area contributed by atoms with E-state index in [1.807, 2.05) is 0 Å². The second kappa shape index (κ2) is 1.55. The third-order valence-electron chi connectivity index (χ3n) is 0.653. The van der Waals surface area contributed by atoms with Crippen molar-refractivity contribution < 1.29 is 14.9 Å². The van der Waals surface area contributed by atoms with Crippen LogP contribution in [0.1, 0.15) is 0 Å². The average Bonchev–Trinajstić information content (AvgIpc) is 1.31. The first-order valence-electron chi connectivity index (χ1n) is 1.68. The van der Waals surface area contributed by atoms with Gasteiger partial charge in [-0.05, 0) is 0 Å². The summed E-state index contributed by atoms with van der Waals surface area (Å²) in [4.78, 5) is 3.71. The quantitative estimate of drug-likeness (QED) is 0.364. The van der Waals surface area contributed by atoms with Gasteiger partial charge in [-0.3, -0.25) is 0 Å². The zero-order valence-electron chi connectivity index (χ0n) is 3.13. The van der Waals surface area contributed by atoms with Crippen LogP contribution in [0, 0.1) is 6.42 Å². The van der Waals surface area contributed by atoms with Gasteiger partial charge >= 0.3 is 0 Å². The molecule has 1 N–H and O–H groups in total. The molecule has 0 aliphatic carbocycles. The Morgan fingerprint density at radius 3 is 2.67 bits per heavy atom. The first-order valence-corrected chi connectivity index (χ1v) is 1.68. The molecular weight excluding hydrogens is 84.0 g/mol. The van der Waals surface area contributed by atoms with Gasteiger partial charge in [-0.1, -0.05) is 0 Å². The summed E-state index contributed by atoms with van der Waals surface area (Å²) >= 11 is 0. The lowest BCUT2D eigenvalue weighted by atomic mass is 10.4. The van der Waals surface area contributed by atoms with Crippen LogP contribution >= 0.6 is 0 Å². The van der Waals surface area contributed by atoms with Crippen molar-refractivity contribution in [3.63, 3.8) is 0 Å². The van der Waals surface area contributed by atoms with Crippen LogP contribution in [0.25, 0.3) is 0 Å². The Kier molecular flexibility index (Phi) is 1.05. The van der Waals surface area contributed by atoms with E-state index < -0.39 is 6.29 Å². The van der Waals surface area contributed by atoms with Crippen LogP contribution in [-0.2, 0) is 9.62 Å². The lowest BCUT2D eigenvalue weighted by Gasteiger charge is -2.21. The molecule has 1 saturated heterocycles. The Hall–Kier alpha value is -0.120. The van der Waals surface area contributed by atoms with Gasteiger partial charge in [0, 0.05) is 6.42 Å². The topological polar surface area (TPSA) is 38.7 Å². The molecule has 1 unspecified atom stereocenters. The van der Waals surface area contributed by atoms with Crippen molar-refractivity contribution in [2.24, 2.45) is 0 Å². The van der Waals surface area contributed by atoms with Crippen LogP contribution in [-0.4, -0.2) is 18.2 Å². The van der Waals surface area contributed by atoms with E-state index in [-0.39, 0.29) is 0 Å². The molecule has 3 nitrogen and oxygen atoms in total. The van der Waals surface area contributed by atoms with E-state index >= 15 is 0 Å².